The first kappa shape index (κ1) is 17.1. The summed E-state index contributed by atoms with van der Waals surface area (Å²) in [6, 6.07) is 8.50. The van der Waals surface area contributed by atoms with E-state index in [1.807, 2.05) is 0 Å². The Morgan fingerprint density at radius 2 is 1.83 bits per heavy atom. The maximum atomic E-state index is 14.3. The quantitative estimate of drug-likeness (QED) is 0.802. The van der Waals surface area contributed by atoms with Crippen LogP contribution in [0.5, 0.6) is 0 Å². The van der Waals surface area contributed by atoms with Gasteiger partial charge in [-0.05, 0) is 61.7 Å². The van der Waals surface area contributed by atoms with Crippen LogP contribution >= 0.6 is 0 Å². The lowest BCUT2D eigenvalue weighted by molar-refractivity contribution is 0.0952. The predicted octanol–water partition coefficient (Wildman–Crippen LogP) is 3.41. The molecule has 0 saturated carbocycles. The summed E-state index contributed by atoms with van der Waals surface area (Å²) in [7, 11) is 0. The van der Waals surface area contributed by atoms with Crippen LogP contribution < -0.4 is 11.1 Å². The molecule has 5 heteroatoms. The van der Waals surface area contributed by atoms with Gasteiger partial charge in [-0.1, -0.05) is 12.1 Å². The summed E-state index contributed by atoms with van der Waals surface area (Å²) in [6.07, 6.45) is 1.62. The minimum absolute atomic E-state index is 0.263. The smallest absolute Gasteiger partial charge is 0.251 e. The lowest BCUT2D eigenvalue weighted by Crippen LogP contribution is -2.25. The van der Waals surface area contributed by atoms with Crippen LogP contribution in [-0.2, 0) is 0 Å². The zero-order valence-corrected chi connectivity index (χ0v) is 13.0. The highest BCUT2D eigenvalue weighted by molar-refractivity contribution is 5.94. The molecule has 0 aliphatic heterocycles. The zero-order valence-electron chi connectivity index (χ0n) is 13.0. The number of hydrogen-bond acceptors (Lipinski definition) is 2. The van der Waals surface area contributed by atoms with E-state index in [1.54, 1.807) is 19.1 Å². The number of halogens is 2. The highest BCUT2D eigenvalue weighted by atomic mass is 19.1. The van der Waals surface area contributed by atoms with Crippen LogP contribution in [-0.4, -0.2) is 19.0 Å². The second-order valence-corrected chi connectivity index (χ2v) is 5.41. The predicted molar refractivity (Wildman–Crippen MR) is 87.2 cm³/mol. The Labute approximate surface area is 134 Å². The third-order valence-electron chi connectivity index (χ3n) is 3.63. The number of hydrogen-bond donors (Lipinski definition) is 2. The summed E-state index contributed by atoms with van der Waals surface area (Å²) in [4.78, 5) is 12.0. The Balaban J connectivity index is 2.16. The molecule has 3 N–H and O–H groups in total. The standard InChI is InChI=1S/C18H20F2N2O/c1-12-10-14(19)5-7-15(12)16-6-4-13(11-17(16)20)18(23)22-9-3-2-8-21/h4-7,10-11H,2-3,8-9,21H2,1H3,(H,22,23). The number of unbranched alkanes of at least 4 members (excludes halogenated alkanes) is 1. The lowest BCUT2D eigenvalue weighted by Gasteiger charge is -2.10. The molecule has 0 atom stereocenters. The molecule has 0 saturated heterocycles. The van der Waals surface area contributed by atoms with Gasteiger partial charge < -0.3 is 11.1 Å². The molecule has 0 aliphatic rings. The van der Waals surface area contributed by atoms with Crippen LogP contribution in [0.4, 0.5) is 8.78 Å². The lowest BCUT2D eigenvalue weighted by atomic mass is 9.98. The van der Waals surface area contributed by atoms with Gasteiger partial charge in [-0.25, -0.2) is 8.78 Å². The Morgan fingerprint density at radius 1 is 1.09 bits per heavy atom. The van der Waals surface area contributed by atoms with Crippen LogP contribution in [0.15, 0.2) is 36.4 Å². The van der Waals surface area contributed by atoms with Gasteiger partial charge in [-0.3, -0.25) is 4.79 Å². The number of amides is 1. The highest BCUT2D eigenvalue weighted by Gasteiger charge is 2.12. The van der Waals surface area contributed by atoms with Gasteiger partial charge in [0.15, 0.2) is 0 Å². The number of nitrogens with one attached hydrogen (secondary N) is 1. The Hall–Kier alpha value is -2.27. The number of carbonyl (C=O) groups excluding carboxylic acids is 1. The molecule has 122 valence electrons. The number of aryl methyl sites for hydroxylation is 1. The normalized spacial score (nSPS) is 10.6. The zero-order chi connectivity index (χ0) is 16.8. The van der Waals surface area contributed by atoms with Crippen molar-refractivity contribution in [3.63, 3.8) is 0 Å². The average molecular weight is 318 g/mol. The summed E-state index contributed by atoms with van der Waals surface area (Å²) < 4.78 is 27.5. The van der Waals surface area contributed by atoms with E-state index < -0.39 is 5.82 Å². The second-order valence-electron chi connectivity index (χ2n) is 5.41. The number of carbonyl (C=O) groups is 1. The van der Waals surface area contributed by atoms with E-state index in [2.05, 4.69) is 5.32 Å². The maximum absolute atomic E-state index is 14.3. The summed E-state index contributed by atoms with van der Waals surface area (Å²) in [5, 5.41) is 2.73. The van der Waals surface area contributed by atoms with Gasteiger partial charge >= 0.3 is 0 Å². The van der Waals surface area contributed by atoms with E-state index in [9.17, 15) is 13.6 Å². The first-order valence-electron chi connectivity index (χ1n) is 7.57. The van der Waals surface area contributed by atoms with Crippen LogP contribution in [0.1, 0.15) is 28.8 Å². The van der Waals surface area contributed by atoms with Crippen molar-refractivity contribution in [1.29, 1.82) is 0 Å². The molecule has 0 radical (unpaired) electrons. The van der Waals surface area contributed by atoms with Gasteiger partial charge in [0.25, 0.3) is 5.91 Å². The summed E-state index contributed by atoms with van der Waals surface area (Å²) in [5.41, 5.74) is 7.25. The third kappa shape index (κ3) is 4.36. The molecule has 0 unspecified atom stereocenters. The van der Waals surface area contributed by atoms with Crippen LogP contribution in [0.3, 0.4) is 0 Å². The van der Waals surface area contributed by atoms with Gasteiger partial charge in [0.2, 0.25) is 0 Å². The Bertz CT molecular complexity index is 701. The molecule has 1 amide bonds. The summed E-state index contributed by atoms with van der Waals surface area (Å²) in [6.45, 7) is 2.81. The van der Waals surface area contributed by atoms with Crippen molar-refractivity contribution in [3.8, 4) is 11.1 Å². The van der Waals surface area contributed by atoms with Crippen molar-refractivity contribution in [2.75, 3.05) is 13.1 Å². The monoisotopic (exact) mass is 318 g/mol. The summed E-state index contributed by atoms with van der Waals surface area (Å²) >= 11 is 0. The average Bonchev–Trinajstić information content (AvgIpc) is 2.52. The second kappa shape index (κ2) is 7.83. The van der Waals surface area contributed by atoms with Crippen molar-refractivity contribution < 1.29 is 13.6 Å². The molecule has 0 bridgehead atoms. The summed E-state index contributed by atoms with van der Waals surface area (Å²) in [5.74, 6) is -1.18. The SMILES string of the molecule is Cc1cc(F)ccc1-c1ccc(C(=O)NCCCCN)cc1F. The molecule has 0 fully saturated rings. The fraction of sp³-hybridized carbons (Fsp3) is 0.278. The Morgan fingerprint density at radius 3 is 2.48 bits per heavy atom. The van der Waals surface area contributed by atoms with Crippen molar-refractivity contribution >= 4 is 5.91 Å². The molecule has 0 aliphatic carbocycles. The molecular formula is C18H20F2N2O. The maximum Gasteiger partial charge on any atom is 0.251 e. The van der Waals surface area contributed by atoms with Crippen LogP contribution in [0.25, 0.3) is 11.1 Å². The van der Waals surface area contributed by atoms with Crippen LogP contribution in [0.2, 0.25) is 0 Å². The van der Waals surface area contributed by atoms with E-state index in [-0.39, 0.29) is 17.3 Å². The number of benzene rings is 2. The number of nitrogens with two attached hydrogens (primary N) is 1. The third-order valence-corrected chi connectivity index (χ3v) is 3.63. The van der Waals surface area contributed by atoms with Gasteiger partial charge in [-0.2, -0.15) is 0 Å². The van der Waals surface area contributed by atoms with Crippen molar-refractivity contribution in [2.24, 2.45) is 5.73 Å². The van der Waals surface area contributed by atoms with Gasteiger partial charge in [0, 0.05) is 17.7 Å². The first-order valence-corrected chi connectivity index (χ1v) is 7.57. The van der Waals surface area contributed by atoms with E-state index in [4.69, 9.17) is 5.73 Å². The van der Waals surface area contributed by atoms with E-state index >= 15 is 0 Å². The first-order chi connectivity index (χ1) is 11.0. The van der Waals surface area contributed by atoms with Gasteiger partial charge in [-0.15, -0.1) is 0 Å². The number of rotatable bonds is 6. The van der Waals surface area contributed by atoms with Crippen LogP contribution in [0, 0.1) is 18.6 Å². The minimum Gasteiger partial charge on any atom is -0.352 e. The molecule has 2 aromatic rings. The fourth-order valence-electron chi connectivity index (χ4n) is 2.38. The molecule has 23 heavy (non-hydrogen) atoms. The van der Waals surface area contributed by atoms with Gasteiger partial charge in [0.05, 0.1) is 0 Å². The molecule has 2 rings (SSSR count). The molecule has 0 spiro atoms. The minimum atomic E-state index is -0.505. The molecule has 2 aromatic carbocycles. The molecule has 0 aromatic heterocycles. The van der Waals surface area contributed by atoms with E-state index in [1.165, 1.54) is 24.3 Å². The van der Waals surface area contributed by atoms with Crippen molar-refractivity contribution in [2.45, 2.75) is 19.8 Å². The fourth-order valence-corrected chi connectivity index (χ4v) is 2.38. The molecular weight excluding hydrogens is 298 g/mol. The van der Waals surface area contributed by atoms with Crippen molar-refractivity contribution in [3.05, 3.63) is 59.2 Å². The molecule has 3 nitrogen and oxygen atoms in total. The van der Waals surface area contributed by atoms with Gasteiger partial charge in [0.1, 0.15) is 11.6 Å². The Kier molecular flexibility index (Phi) is 5.82. The van der Waals surface area contributed by atoms with E-state index in [0.717, 1.165) is 12.8 Å². The van der Waals surface area contributed by atoms with E-state index in [0.29, 0.717) is 29.8 Å². The topological polar surface area (TPSA) is 55.1 Å². The molecule has 0 heterocycles. The highest BCUT2D eigenvalue weighted by Crippen LogP contribution is 2.27. The van der Waals surface area contributed by atoms with Crippen molar-refractivity contribution in [1.82, 2.24) is 5.32 Å². The largest absolute Gasteiger partial charge is 0.352 e.